The molecule has 1 aliphatic carbocycles. The molecule has 2 fully saturated rings. The number of rotatable bonds is 7. The van der Waals surface area contributed by atoms with Gasteiger partial charge in [-0.15, -0.1) is 0 Å². The summed E-state index contributed by atoms with van der Waals surface area (Å²) in [6.07, 6.45) is 5.52. The van der Waals surface area contributed by atoms with Crippen molar-refractivity contribution in [1.29, 1.82) is 0 Å². The lowest BCUT2D eigenvalue weighted by molar-refractivity contribution is -0.134. The van der Waals surface area contributed by atoms with Crippen LogP contribution in [0.25, 0.3) is 0 Å². The standard InChI is InChI=1S/C23H36N4O2/c1-4-24-23(25-15-18-10-11-21(29-5-2)17(3)14-18)26-20-12-13-27(16-20)22(28)19-8-6-7-9-19/h10-11,14,19-20H,4-9,12-13,15-16H2,1-3H3,(H2,24,25,26). The lowest BCUT2D eigenvalue weighted by Gasteiger charge is -2.21. The molecule has 6 heteroatoms. The third kappa shape index (κ3) is 5.87. The molecule has 0 aromatic heterocycles. The number of guanidine groups is 1. The first-order valence-electron chi connectivity index (χ1n) is 11.2. The molecule has 0 radical (unpaired) electrons. The van der Waals surface area contributed by atoms with Gasteiger partial charge in [0, 0.05) is 31.6 Å². The van der Waals surface area contributed by atoms with Crippen molar-refractivity contribution < 1.29 is 9.53 Å². The average molecular weight is 401 g/mol. The summed E-state index contributed by atoms with van der Waals surface area (Å²) in [6.45, 7) is 9.86. The number of aryl methyl sites for hydroxylation is 1. The Hall–Kier alpha value is -2.24. The number of hydrogen-bond acceptors (Lipinski definition) is 3. The minimum absolute atomic E-state index is 0.263. The summed E-state index contributed by atoms with van der Waals surface area (Å²) in [4.78, 5) is 19.5. The number of likely N-dealkylation sites (tertiary alicyclic amines) is 1. The highest BCUT2D eigenvalue weighted by molar-refractivity contribution is 5.81. The number of nitrogens with one attached hydrogen (secondary N) is 2. The maximum Gasteiger partial charge on any atom is 0.225 e. The van der Waals surface area contributed by atoms with Crippen molar-refractivity contribution in [2.45, 2.75) is 65.5 Å². The van der Waals surface area contributed by atoms with Crippen LogP contribution in [-0.2, 0) is 11.3 Å². The zero-order chi connectivity index (χ0) is 20.6. The van der Waals surface area contributed by atoms with Crippen molar-refractivity contribution in [3.05, 3.63) is 29.3 Å². The van der Waals surface area contributed by atoms with E-state index >= 15 is 0 Å². The topological polar surface area (TPSA) is 66.0 Å². The van der Waals surface area contributed by atoms with Crippen LogP contribution >= 0.6 is 0 Å². The lowest BCUT2D eigenvalue weighted by atomic mass is 10.1. The van der Waals surface area contributed by atoms with Gasteiger partial charge >= 0.3 is 0 Å². The normalized spacial score (nSPS) is 20.2. The van der Waals surface area contributed by atoms with E-state index in [9.17, 15) is 4.79 Å². The highest BCUT2D eigenvalue weighted by atomic mass is 16.5. The highest BCUT2D eigenvalue weighted by Crippen LogP contribution is 2.27. The Morgan fingerprint density at radius 1 is 1.24 bits per heavy atom. The highest BCUT2D eigenvalue weighted by Gasteiger charge is 2.32. The first-order valence-corrected chi connectivity index (χ1v) is 11.2. The number of hydrogen-bond donors (Lipinski definition) is 2. The summed E-state index contributed by atoms with van der Waals surface area (Å²) in [5.74, 6) is 2.37. The van der Waals surface area contributed by atoms with Crippen LogP contribution in [0.15, 0.2) is 23.2 Å². The first kappa shape index (κ1) is 21.5. The number of benzene rings is 1. The Kier molecular flexibility index (Phi) is 7.78. The van der Waals surface area contributed by atoms with Gasteiger partial charge in [-0.3, -0.25) is 4.79 Å². The van der Waals surface area contributed by atoms with E-state index in [1.54, 1.807) is 0 Å². The van der Waals surface area contributed by atoms with Gasteiger partial charge in [-0.25, -0.2) is 4.99 Å². The number of ether oxygens (including phenoxy) is 1. The number of carbonyl (C=O) groups is 1. The molecule has 1 amide bonds. The van der Waals surface area contributed by atoms with Crippen molar-refractivity contribution in [3.63, 3.8) is 0 Å². The monoisotopic (exact) mass is 400 g/mol. The molecule has 1 aliphatic heterocycles. The molecule has 0 bridgehead atoms. The molecule has 0 spiro atoms. The maximum atomic E-state index is 12.7. The fourth-order valence-electron chi connectivity index (χ4n) is 4.32. The van der Waals surface area contributed by atoms with Crippen LogP contribution in [-0.4, -0.2) is 49.0 Å². The van der Waals surface area contributed by atoms with E-state index < -0.39 is 0 Å². The summed E-state index contributed by atoms with van der Waals surface area (Å²) >= 11 is 0. The summed E-state index contributed by atoms with van der Waals surface area (Å²) in [6, 6.07) is 6.49. The molecule has 1 aromatic rings. The molecule has 6 nitrogen and oxygen atoms in total. The van der Waals surface area contributed by atoms with E-state index in [0.717, 1.165) is 61.7 Å². The third-order valence-corrected chi connectivity index (χ3v) is 5.85. The number of nitrogens with zero attached hydrogens (tertiary/aromatic N) is 2. The minimum Gasteiger partial charge on any atom is -0.494 e. The molecule has 1 aromatic carbocycles. The Labute approximate surface area is 175 Å². The molecule has 1 heterocycles. The second-order valence-electron chi connectivity index (χ2n) is 8.12. The molecular weight excluding hydrogens is 364 g/mol. The quantitative estimate of drug-likeness (QED) is 0.545. The summed E-state index contributed by atoms with van der Waals surface area (Å²) in [5, 5.41) is 6.87. The Balaban J connectivity index is 1.55. The van der Waals surface area contributed by atoms with Gasteiger partial charge in [0.2, 0.25) is 5.91 Å². The Bertz CT molecular complexity index is 713. The minimum atomic E-state index is 0.263. The Morgan fingerprint density at radius 2 is 2.03 bits per heavy atom. The summed E-state index contributed by atoms with van der Waals surface area (Å²) in [7, 11) is 0. The van der Waals surface area contributed by atoms with Crippen LogP contribution in [0.2, 0.25) is 0 Å². The third-order valence-electron chi connectivity index (χ3n) is 5.85. The van der Waals surface area contributed by atoms with E-state index in [-0.39, 0.29) is 12.0 Å². The van der Waals surface area contributed by atoms with Gasteiger partial charge in [0.15, 0.2) is 5.96 Å². The predicted octanol–water partition coefficient (Wildman–Crippen LogP) is 3.24. The fraction of sp³-hybridized carbons (Fsp3) is 0.652. The van der Waals surface area contributed by atoms with Gasteiger partial charge in [-0.05, 0) is 57.2 Å². The van der Waals surface area contributed by atoms with Gasteiger partial charge in [0.1, 0.15) is 5.75 Å². The van der Waals surface area contributed by atoms with Gasteiger partial charge in [0.25, 0.3) is 0 Å². The lowest BCUT2D eigenvalue weighted by Crippen LogP contribution is -2.45. The average Bonchev–Trinajstić information content (AvgIpc) is 3.40. The molecule has 2 aliphatic rings. The zero-order valence-corrected chi connectivity index (χ0v) is 18.2. The molecule has 3 rings (SSSR count). The van der Waals surface area contributed by atoms with Crippen molar-refractivity contribution in [1.82, 2.24) is 15.5 Å². The largest absolute Gasteiger partial charge is 0.494 e. The first-order chi connectivity index (χ1) is 14.1. The van der Waals surface area contributed by atoms with E-state index in [1.807, 2.05) is 17.9 Å². The van der Waals surface area contributed by atoms with E-state index in [2.05, 4.69) is 36.6 Å². The maximum absolute atomic E-state index is 12.7. The molecule has 160 valence electrons. The fourth-order valence-corrected chi connectivity index (χ4v) is 4.32. The second-order valence-corrected chi connectivity index (χ2v) is 8.12. The molecule has 1 saturated carbocycles. The van der Waals surface area contributed by atoms with Gasteiger partial charge in [-0.1, -0.05) is 25.0 Å². The molecule has 1 saturated heterocycles. The van der Waals surface area contributed by atoms with Crippen LogP contribution in [0.5, 0.6) is 5.75 Å². The van der Waals surface area contributed by atoms with Crippen molar-refractivity contribution in [2.24, 2.45) is 10.9 Å². The molecule has 1 atom stereocenters. The summed E-state index contributed by atoms with van der Waals surface area (Å²) in [5.41, 5.74) is 2.29. The van der Waals surface area contributed by atoms with Crippen molar-refractivity contribution in [3.8, 4) is 5.75 Å². The zero-order valence-electron chi connectivity index (χ0n) is 18.2. The van der Waals surface area contributed by atoms with Crippen molar-refractivity contribution in [2.75, 3.05) is 26.2 Å². The number of aliphatic imine (C=N–C) groups is 1. The predicted molar refractivity (Wildman–Crippen MR) is 117 cm³/mol. The molecule has 29 heavy (non-hydrogen) atoms. The van der Waals surface area contributed by atoms with Gasteiger partial charge in [0.05, 0.1) is 13.2 Å². The van der Waals surface area contributed by atoms with Gasteiger partial charge < -0.3 is 20.3 Å². The summed E-state index contributed by atoms with van der Waals surface area (Å²) < 4.78 is 5.62. The number of amides is 1. The second kappa shape index (κ2) is 10.5. The van der Waals surface area contributed by atoms with Crippen LogP contribution in [0, 0.1) is 12.8 Å². The molecular formula is C23H36N4O2. The van der Waals surface area contributed by atoms with Crippen LogP contribution in [0.4, 0.5) is 0 Å². The molecule has 2 N–H and O–H groups in total. The van der Waals surface area contributed by atoms with Crippen LogP contribution < -0.4 is 15.4 Å². The Morgan fingerprint density at radius 3 is 2.72 bits per heavy atom. The van der Waals surface area contributed by atoms with E-state index in [1.165, 1.54) is 12.8 Å². The number of carbonyl (C=O) groups excluding carboxylic acids is 1. The van der Waals surface area contributed by atoms with Crippen LogP contribution in [0.3, 0.4) is 0 Å². The van der Waals surface area contributed by atoms with Gasteiger partial charge in [-0.2, -0.15) is 0 Å². The smallest absolute Gasteiger partial charge is 0.225 e. The van der Waals surface area contributed by atoms with E-state index in [0.29, 0.717) is 19.1 Å². The SMILES string of the molecule is CCNC(=NCc1ccc(OCC)c(C)c1)NC1CCN(C(=O)C2CCCC2)C1. The van der Waals surface area contributed by atoms with E-state index in [4.69, 9.17) is 9.73 Å². The van der Waals surface area contributed by atoms with Crippen LogP contribution in [0.1, 0.15) is 57.1 Å². The molecule has 1 unspecified atom stereocenters. The van der Waals surface area contributed by atoms with Crippen molar-refractivity contribution >= 4 is 11.9 Å².